The van der Waals surface area contributed by atoms with Crippen molar-refractivity contribution in [2.75, 3.05) is 6.54 Å². The lowest BCUT2D eigenvalue weighted by Crippen LogP contribution is -2.29. The van der Waals surface area contributed by atoms with Crippen LogP contribution in [0.25, 0.3) is 0 Å². The summed E-state index contributed by atoms with van der Waals surface area (Å²) in [5.41, 5.74) is 5.73. The van der Waals surface area contributed by atoms with E-state index in [0.717, 1.165) is 19.3 Å². The molecular formula is C15H33NO. The van der Waals surface area contributed by atoms with Crippen LogP contribution < -0.4 is 5.73 Å². The first kappa shape index (κ1) is 16.9. The van der Waals surface area contributed by atoms with Gasteiger partial charge in [-0.05, 0) is 31.2 Å². The van der Waals surface area contributed by atoms with Crippen LogP contribution in [0.15, 0.2) is 0 Å². The lowest BCUT2D eigenvalue weighted by Gasteiger charge is -2.23. The quantitative estimate of drug-likeness (QED) is 0.543. The molecule has 0 aliphatic carbocycles. The number of unbranched alkanes of at least 4 members (excludes halogenated alkanes) is 5. The third kappa shape index (κ3) is 9.61. The standard InChI is InChI=1S/C15H33NO/c1-4-5-6-7-8-9-10-15(17)14(12-16)11-13(2)3/h13-15,17H,4-12,16H2,1-3H3. The van der Waals surface area contributed by atoms with Gasteiger partial charge in [-0.2, -0.15) is 0 Å². The van der Waals surface area contributed by atoms with Crippen molar-refractivity contribution in [3.8, 4) is 0 Å². The van der Waals surface area contributed by atoms with E-state index in [1.807, 2.05) is 0 Å². The Labute approximate surface area is 108 Å². The molecule has 0 saturated carbocycles. The highest BCUT2D eigenvalue weighted by Gasteiger charge is 2.18. The average molecular weight is 243 g/mol. The van der Waals surface area contributed by atoms with E-state index in [2.05, 4.69) is 20.8 Å². The molecule has 0 spiro atoms. The highest BCUT2D eigenvalue weighted by molar-refractivity contribution is 4.71. The molecule has 2 heteroatoms. The van der Waals surface area contributed by atoms with Crippen molar-refractivity contribution in [2.45, 2.75) is 78.2 Å². The normalized spacial score (nSPS) is 15.2. The van der Waals surface area contributed by atoms with Crippen LogP contribution in [0, 0.1) is 11.8 Å². The molecule has 0 aliphatic rings. The van der Waals surface area contributed by atoms with Crippen molar-refractivity contribution < 1.29 is 5.11 Å². The van der Waals surface area contributed by atoms with Gasteiger partial charge in [-0.1, -0.05) is 59.3 Å². The molecular weight excluding hydrogens is 210 g/mol. The van der Waals surface area contributed by atoms with Crippen LogP contribution in [-0.4, -0.2) is 17.8 Å². The Hall–Kier alpha value is -0.0800. The van der Waals surface area contributed by atoms with Gasteiger partial charge in [0, 0.05) is 0 Å². The lowest BCUT2D eigenvalue weighted by atomic mass is 9.89. The van der Waals surface area contributed by atoms with E-state index in [-0.39, 0.29) is 6.10 Å². The predicted octanol–water partition coefficient (Wildman–Crippen LogP) is 3.72. The molecule has 3 N–H and O–H groups in total. The van der Waals surface area contributed by atoms with Crippen LogP contribution in [0.5, 0.6) is 0 Å². The van der Waals surface area contributed by atoms with Crippen molar-refractivity contribution in [3.05, 3.63) is 0 Å². The van der Waals surface area contributed by atoms with Crippen molar-refractivity contribution in [1.29, 1.82) is 0 Å². The number of rotatable bonds is 11. The highest BCUT2D eigenvalue weighted by Crippen LogP contribution is 2.19. The second-order valence-electron chi connectivity index (χ2n) is 5.75. The van der Waals surface area contributed by atoms with Crippen molar-refractivity contribution >= 4 is 0 Å². The molecule has 0 saturated heterocycles. The largest absolute Gasteiger partial charge is 0.393 e. The van der Waals surface area contributed by atoms with Gasteiger partial charge in [0.25, 0.3) is 0 Å². The van der Waals surface area contributed by atoms with Crippen LogP contribution in [0.3, 0.4) is 0 Å². The van der Waals surface area contributed by atoms with Crippen LogP contribution in [0.1, 0.15) is 72.1 Å². The van der Waals surface area contributed by atoms with Gasteiger partial charge in [-0.3, -0.25) is 0 Å². The monoisotopic (exact) mass is 243 g/mol. The Bertz CT molecular complexity index is 159. The van der Waals surface area contributed by atoms with Gasteiger partial charge in [0.05, 0.1) is 6.10 Å². The van der Waals surface area contributed by atoms with Crippen molar-refractivity contribution in [2.24, 2.45) is 17.6 Å². The molecule has 0 fully saturated rings. The third-order valence-electron chi connectivity index (χ3n) is 3.47. The molecule has 0 aliphatic heterocycles. The minimum atomic E-state index is -0.187. The maximum absolute atomic E-state index is 10.1. The van der Waals surface area contributed by atoms with Gasteiger partial charge >= 0.3 is 0 Å². The summed E-state index contributed by atoms with van der Waals surface area (Å²) in [4.78, 5) is 0. The summed E-state index contributed by atoms with van der Waals surface area (Å²) in [5.74, 6) is 0.924. The smallest absolute Gasteiger partial charge is 0.0580 e. The van der Waals surface area contributed by atoms with E-state index in [1.54, 1.807) is 0 Å². The fourth-order valence-corrected chi connectivity index (χ4v) is 2.39. The van der Waals surface area contributed by atoms with E-state index in [0.29, 0.717) is 18.4 Å². The molecule has 0 bridgehead atoms. The zero-order chi connectivity index (χ0) is 13.1. The molecule has 104 valence electrons. The van der Waals surface area contributed by atoms with Gasteiger partial charge < -0.3 is 10.8 Å². The second-order valence-corrected chi connectivity index (χ2v) is 5.75. The maximum atomic E-state index is 10.1. The zero-order valence-electron chi connectivity index (χ0n) is 12.1. The Morgan fingerprint density at radius 2 is 1.59 bits per heavy atom. The van der Waals surface area contributed by atoms with E-state index in [1.165, 1.54) is 32.1 Å². The van der Waals surface area contributed by atoms with Crippen molar-refractivity contribution in [1.82, 2.24) is 0 Å². The first-order chi connectivity index (χ1) is 8.11. The van der Waals surface area contributed by atoms with Crippen LogP contribution >= 0.6 is 0 Å². The molecule has 2 atom stereocenters. The first-order valence-electron chi connectivity index (χ1n) is 7.49. The summed E-state index contributed by atoms with van der Waals surface area (Å²) in [6, 6.07) is 0. The van der Waals surface area contributed by atoms with Gasteiger partial charge in [0.15, 0.2) is 0 Å². The van der Waals surface area contributed by atoms with Crippen LogP contribution in [0.4, 0.5) is 0 Å². The summed E-state index contributed by atoms with van der Waals surface area (Å²) in [7, 11) is 0. The maximum Gasteiger partial charge on any atom is 0.0580 e. The Kier molecular flexibility index (Phi) is 11.0. The first-order valence-corrected chi connectivity index (χ1v) is 7.49. The molecule has 0 aromatic rings. The molecule has 17 heavy (non-hydrogen) atoms. The van der Waals surface area contributed by atoms with Crippen LogP contribution in [0.2, 0.25) is 0 Å². The molecule has 2 nitrogen and oxygen atoms in total. The second kappa shape index (κ2) is 11.0. The minimum absolute atomic E-state index is 0.187. The molecule has 0 rings (SSSR count). The average Bonchev–Trinajstić information content (AvgIpc) is 2.30. The molecule has 2 unspecified atom stereocenters. The zero-order valence-corrected chi connectivity index (χ0v) is 12.1. The summed E-state index contributed by atoms with van der Waals surface area (Å²) < 4.78 is 0. The number of aliphatic hydroxyl groups is 1. The molecule has 0 amide bonds. The molecule has 0 aromatic carbocycles. The Morgan fingerprint density at radius 1 is 1.00 bits per heavy atom. The fourth-order valence-electron chi connectivity index (χ4n) is 2.39. The predicted molar refractivity (Wildman–Crippen MR) is 76.0 cm³/mol. The van der Waals surface area contributed by atoms with E-state index in [9.17, 15) is 5.11 Å². The molecule has 0 aromatic heterocycles. The SMILES string of the molecule is CCCCCCCCC(O)C(CN)CC(C)C. The van der Waals surface area contributed by atoms with Gasteiger partial charge in [-0.15, -0.1) is 0 Å². The Balaban J connectivity index is 3.57. The summed E-state index contributed by atoms with van der Waals surface area (Å²) in [6.07, 6.45) is 9.52. The molecule has 0 radical (unpaired) electrons. The topological polar surface area (TPSA) is 46.2 Å². The minimum Gasteiger partial charge on any atom is -0.393 e. The summed E-state index contributed by atoms with van der Waals surface area (Å²) >= 11 is 0. The summed E-state index contributed by atoms with van der Waals surface area (Å²) in [5, 5.41) is 10.1. The number of hydrogen-bond donors (Lipinski definition) is 2. The molecule has 0 heterocycles. The Morgan fingerprint density at radius 3 is 2.12 bits per heavy atom. The highest BCUT2D eigenvalue weighted by atomic mass is 16.3. The van der Waals surface area contributed by atoms with Gasteiger partial charge in [0.1, 0.15) is 0 Å². The summed E-state index contributed by atoms with van der Waals surface area (Å²) in [6.45, 7) is 7.25. The van der Waals surface area contributed by atoms with E-state index < -0.39 is 0 Å². The number of hydrogen-bond acceptors (Lipinski definition) is 2. The number of aliphatic hydroxyl groups excluding tert-OH is 1. The fraction of sp³-hybridized carbons (Fsp3) is 1.00. The van der Waals surface area contributed by atoms with E-state index in [4.69, 9.17) is 5.73 Å². The van der Waals surface area contributed by atoms with Crippen LogP contribution in [-0.2, 0) is 0 Å². The van der Waals surface area contributed by atoms with Crippen molar-refractivity contribution in [3.63, 3.8) is 0 Å². The van der Waals surface area contributed by atoms with Gasteiger partial charge in [0.2, 0.25) is 0 Å². The third-order valence-corrected chi connectivity index (χ3v) is 3.47. The number of nitrogens with two attached hydrogens (primary N) is 1. The lowest BCUT2D eigenvalue weighted by molar-refractivity contribution is 0.0882. The van der Waals surface area contributed by atoms with E-state index >= 15 is 0 Å². The van der Waals surface area contributed by atoms with Gasteiger partial charge in [-0.25, -0.2) is 0 Å².